The van der Waals surface area contributed by atoms with Crippen LogP contribution in [0.4, 0.5) is 0 Å². The van der Waals surface area contributed by atoms with Gasteiger partial charge in [0.25, 0.3) is 0 Å². The summed E-state index contributed by atoms with van der Waals surface area (Å²) in [5.74, 6) is -0.957. The van der Waals surface area contributed by atoms with Crippen LogP contribution in [0.3, 0.4) is 0 Å². The topological polar surface area (TPSA) is 149 Å². The zero-order valence-electron chi connectivity index (χ0n) is 38.4. The highest BCUT2D eigenvalue weighted by Gasteiger charge is 2.27. The fourth-order valence-corrected chi connectivity index (χ4v) is 6.91. The van der Waals surface area contributed by atoms with Crippen molar-refractivity contribution in [2.75, 3.05) is 26.4 Å². The van der Waals surface area contributed by atoms with Crippen LogP contribution < -0.4 is 0 Å². The van der Waals surface area contributed by atoms with Gasteiger partial charge in [-0.15, -0.1) is 0 Å². The molecule has 0 aromatic rings. The van der Waals surface area contributed by atoms with Crippen molar-refractivity contribution in [3.05, 3.63) is 72.9 Å². The van der Waals surface area contributed by atoms with E-state index >= 15 is 0 Å². The number of aliphatic hydroxyl groups excluding tert-OH is 2. The van der Waals surface area contributed by atoms with Crippen LogP contribution in [0.2, 0.25) is 0 Å². The van der Waals surface area contributed by atoms with E-state index in [1.165, 1.54) is 51.4 Å². The predicted molar refractivity (Wildman–Crippen MR) is 251 cm³/mol. The van der Waals surface area contributed by atoms with Gasteiger partial charge < -0.3 is 24.6 Å². The Labute approximate surface area is 371 Å². The second-order valence-electron chi connectivity index (χ2n) is 15.8. The standard InChI is InChI=1S/C50H87O10P/c1-3-5-7-9-11-13-15-17-19-21-23-25-27-29-31-33-35-37-39-41-49(53)57-45-48(46-59-61(55,56)58-44-47(52)43-51)60-50(54)42-40-38-36-34-32-30-28-26-24-22-20-18-16-14-12-10-8-6-4-2/h11-14,17-20,23-26,47-48,51-52H,3-10,15-16,21-22,27-46H2,1-2H3,(H,55,56)/b13-11-,14-12-,19-17-,20-18-,25-23-,26-24-. The Kier molecular flexibility index (Phi) is 43.5. The van der Waals surface area contributed by atoms with E-state index in [1.807, 2.05) is 0 Å². The Balaban J connectivity index is 4.30. The number of phosphoric ester groups is 1. The Bertz CT molecular complexity index is 1240. The summed E-state index contributed by atoms with van der Waals surface area (Å²) in [5.41, 5.74) is 0. The summed E-state index contributed by atoms with van der Waals surface area (Å²) in [6.07, 6.45) is 52.8. The molecule has 0 aromatic carbocycles. The lowest BCUT2D eigenvalue weighted by atomic mass is 10.1. The molecule has 11 heteroatoms. The largest absolute Gasteiger partial charge is 0.472 e. The van der Waals surface area contributed by atoms with Gasteiger partial charge in [-0.2, -0.15) is 0 Å². The van der Waals surface area contributed by atoms with Gasteiger partial charge in [-0.05, 0) is 89.9 Å². The lowest BCUT2D eigenvalue weighted by Crippen LogP contribution is -2.29. The van der Waals surface area contributed by atoms with E-state index in [4.69, 9.17) is 23.6 Å². The smallest absolute Gasteiger partial charge is 0.462 e. The summed E-state index contributed by atoms with van der Waals surface area (Å²) in [6.45, 7) is 2.30. The predicted octanol–water partition coefficient (Wildman–Crippen LogP) is 13.2. The molecule has 0 saturated heterocycles. The number of ether oxygens (including phenoxy) is 2. The molecule has 0 bridgehead atoms. The molecule has 10 nitrogen and oxygen atoms in total. The molecule has 0 saturated carbocycles. The molecule has 352 valence electrons. The summed E-state index contributed by atoms with van der Waals surface area (Å²) in [7, 11) is -4.63. The van der Waals surface area contributed by atoms with Crippen molar-refractivity contribution in [2.24, 2.45) is 0 Å². The van der Waals surface area contributed by atoms with Crippen LogP contribution in [-0.4, -0.2) is 65.7 Å². The van der Waals surface area contributed by atoms with Crippen molar-refractivity contribution in [3.63, 3.8) is 0 Å². The summed E-state index contributed by atoms with van der Waals surface area (Å²) < 4.78 is 32.8. The van der Waals surface area contributed by atoms with E-state index in [2.05, 4.69) is 86.8 Å². The third-order valence-corrected chi connectivity index (χ3v) is 10.8. The first kappa shape index (κ1) is 58.4. The maximum absolute atomic E-state index is 12.7. The minimum Gasteiger partial charge on any atom is -0.462 e. The van der Waals surface area contributed by atoms with Crippen molar-refractivity contribution in [1.82, 2.24) is 0 Å². The Morgan fingerprint density at radius 2 is 0.852 bits per heavy atom. The highest BCUT2D eigenvalue weighted by Crippen LogP contribution is 2.43. The molecule has 3 unspecified atom stereocenters. The SMILES string of the molecule is CCCCC/C=C\C/C=C\C/C=C\CCCCCCCCC(=O)OCC(COP(=O)(O)OCC(O)CO)OC(=O)CCCCCCCC/C=C\C/C=C\C/C=C\CCCCC. The molecular weight excluding hydrogens is 792 g/mol. The number of unbranched alkanes of at least 4 members (excludes halogenated alkanes) is 18. The minimum absolute atomic E-state index is 0.163. The molecule has 3 N–H and O–H groups in total. The summed E-state index contributed by atoms with van der Waals surface area (Å²) >= 11 is 0. The number of aliphatic hydroxyl groups is 2. The Morgan fingerprint density at radius 3 is 1.28 bits per heavy atom. The fourth-order valence-electron chi connectivity index (χ4n) is 6.12. The molecule has 0 aliphatic heterocycles. The number of rotatable bonds is 44. The monoisotopic (exact) mass is 879 g/mol. The molecule has 0 aliphatic carbocycles. The molecule has 0 heterocycles. The van der Waals surface area contributed by atoms with Crippen LogP contribution >= 0.6 is 7.82 Å². The van der Waals surface area contributed by atoms with Crippen LogP contribution in [0.15, 0.2) is 72.9 Å². The zero-order chi connectivity index (χ0) is 44.8. The normalized spacial score (nSPS) is 14.4. The van der Waals surface area contributed by atoms with E-state index < -0.39 is 51.8 Å². The van der Waals surface area contributed by atoms with Crippen LogP contribution in [0.25, 0.3) is 0 Å². The number of carbonyl (C=O) groups is 2. The lowest BCUT2D eigenvalue weighted by Gasteiger charge is -2.20. The minimum atomic E-state index is -4.63. The van der Waals surface area contributed by atoms with E-state index in [1.54, 1.807) is 0 Å². The number of hydrogen-bond donors (Lipinski definition) is 3. The number of allylic oxidation sites excluding steroid dienone is 12. The zero-order valence-corrected chi connectivity index (χ0v) is 39.3. The van der Waals surface area contributed by atoms with E-state index in [-0.39, 0.29) is 19.4 Å². The van der Waals surface area contributed by atoms with Gasteiger partial charge in [-0.25, -0.2) is 4.57 Å². The van der Waals surface area contributed by atoms with Crippen LogP contribution in [-0.2, 0) is 32.7 Å². The molecule has 0 spiro atoms. The van der Waals surface area contributed by atoms with Crippen LogP contribution in [0, 0.1) is 0 Å². The molecule has 0 aliphatic rings. The summed E-state index contributed by atoms with van der Waals surface area (Å²) in [5, 5.41) is 18.4. The van der Waals surface area contributed by atoms with Crippen molar-refractivity contribution < 1.29 is 47.8 Å². The highest BCUT2D eigenvalue weighted by atomic mass is 31.2. The average molecular weight is 879 g/mol. The second kappa shape index (κ2) is 45.4. The maximum atomic E-state index is 12.7. The summed E-state index contributed by atoms with van der Waals surface area (Å²) in [6, 6.07) is 0. The lowest BCUT2D eigenvalue weighted by molar-refractivity contribution is -0.161. The number of carbonyl (C=O) groups excluding carboxylic acids is 2. The number of hydrogen-bond acceptors (Lipinski definition) is 9. The van der Waals surface area contributed by atoms with E-state index in [0.29, 0.717) is 12.8 Å². The van der Waals surface area contributed by atoms with Gasteiger partial charge in [0.2, 0.25) is 0 Å². The molecule has 0 amide bonds. The van der Waals surface area contributed by atoms with Crippen molar-refractivity contribution in [3.8, 4) is 0 Å². The molecule has 0 fully saturated rings. The molecular formula is C50H87O10P. The van der Waals surface area contributed by atoms with Gasteiger partial charge in [0.05, 0.1) is 19.8 Å². The second-order valence-corrected chi connectivity index (χ2v) is 17.2. The molecule has 3 atom stereocenters. The van der Waals surface area contributed by atoms with Gasteiger partial charge >= 0.3 is 19.8 Å². The van der Waals surface area contributed by atoms with Gasteiger partial charge in [-0.1, -0.05) is 164 Å². The van der Waals surface area contributed by atoms with Crippen molar-refractivity contribution in [1.29, 1.82) is 0 Å². The highest BCUT2D eigenvalue weighted by molar-refractivity contribution is 7.47. The third kappa shape index (κ3) is 45.3. The molecule has 0 rings (SSSR count). The van der Waals surface area contributed by atoms with Gasteiger partial charge in [0, 0.05) is 12.8 Å². The van der Waals surface area contributed by atoms with Gasteiger partial charge in [-0.3, -0.25) is 18.6 Å². The Morgan fingerprint density at radius 1 is 0.492 bits per heavy atom. The first-order valence-corrected chi connectivity index (χ1v) is 25.4. The van der Waals surface area contributed by atoms with Crippen molar-refractivity contribution in [2.45, 2.75) is 206 Å². The van der Waals surface area contributed by atoms with Gasteiger partial charge in [0.15, 0.2) is 6.10 Å². The van der Waals surface area contributed by atoms with Gasteiger partial charge in [0.1, 0.15) is 12.7 Å². The van der Waals surface area contributed by atoms with Crippen molar-refractivity contribution >= 4 is 19.8 Å². The fraction of sp³-hybridized carbons (Fsp3) is 0.720. The summed E-state index contributed by atoms with van der Waals surface area (Å²) in [4.78, 5) is 35.1. The first-order valence-electron chi connectivity index (χ1n) is 23.9. The van der Waals surface area contributed by atoms with Crippen LogP contribution in [0.5, 0.6) is 0 Å². The third-order valence-electron chi connectivity index (χ3n) is 9.83. The van der Waals surface area contributed by atoms with E-state index in [9.17, 15) is 24.2 Å². The maximum Gasteiger partial charge on any atom is 0.472 e. The van der Waals surface area contributed by atoms with E-state index in [0.717, 1.165) is 103 Å². The first-order chi connectivity index (χ1) is 29.7. The molecule has 0 radical (unpaired) electrons. The molecule has 0 aromatic heterocycles. The number of phosphoric acid groups is 1. The van der Waals surface area contributed by atoms with Crippen LogP contribution in [0.1, 0.15) is 194 Å². The quantitative estimate of drug-likeness (QED) is 0.0234. The molecule has 61 heavy (non-hydrogen) atoms. The number of esters is 2. The average Bonchev–Trinajstić information content (AvgIpc) is 3.25. The Hall–Kier alpha value is -2.59.